The van der Waals surface area contributed by atoms with Gasteiger partial charge in [0.1, 0.15) is 0 Å². The Labute approximate surface area is 77.5 Å². The van der Waals surface area contributed by atoms with Crippen molar-refractivity contribution >= 4 is 27.9 Å². The highest BCUT2D eigenvalue weighted by Gasteiger charge is 2.08. The van der Waals surface area contributed by atoms with Crippen LogP contribution in [0.1, 0.15) is 10.4 Å². The lowest BCUT2D eigenvalue weighted by Crippen LogP contribution is -2.00. The minimum atomic E-state index is -0.583. The van der Waals surface area contributed by atoms with Crippen LogP contribution in [-0.4, -0.2) is 15.2 Å². The Morgan fingerprint density at radius 1 is 1.31 bits per heavy atom. The highest BCUT2D eigenvalue weighted by molar-refractivity contribution is 6.68. The first-order valence-corrected chi connectivity index (χ1v) is 3.97. The molecule has 1 aromatic heterocycles. The number of halogens is 1. The lowest BCUT2D eigenvalue weighted by molar-refractivity contribution is 0.108. The zero-order chi connectivity index (χ0) is 9.42. The van der Waals surface area contributed by atoms with Gasteiger partial charge in [-0.15, -0.1) is 0 Å². The van der Waals surface area contributed by atoms with E-state index in [1.54, 1.807) is 18.2 Å². The standard InChI is InChI=1S/C8H5ClN2O2/c9-7(12)4-2-1-3-5-6(4)11-8(13)10-5/h1-3H,(H2,10,11,13). The summed E-state index contributed by atoms with van der Waals surface area (Å²) in [5.41, 5.74) is 0.988. The molecule has 0 unspecified atom stereocenters. The maximum atomic E-state index is 10.9. The second kappa shape index (κ2) is 2.74. The number of aromatic nitrogens is 2. The summed E-state index contributed by atoms with van der Waals surface area (Å²) < 4.78 is 0. The first kappa shape index (κ1) is 8.07. The number of rotatable bonds is 1. The Morgan fingerprint density at radius 3 is 2.77 bits per heavy atom. The van der Waals surface area contributed by atoms with Gasteiger partial charge in [-0.1, -0.05) is 6.07 Å². The smallest absolute Gasteiger partial charge is 0.306 e. The van der Waals surface area contributed by atoms with Crippen molar-refractivity contribution in [3.63, 3.8) is 0 Å². The summed E-state index contributed by atoms with van der Waals surface area (Å²) in [4.78, 5) is 26.8. The van der Waals surface area contributed by atoms with Gasteiger partial charge in [-0.05, 0) is 23.7 Å². The maximum Gasteiger partial charge on any atom is 0.323 e. The molecule has 0 aliphatic carbocycles. The van der Waals surface area contributed by atoms with Crippen LogP contribution in [0.5, 0.6) is 0 Å². The maximum absolute atomic E-state index is 10.9. The summed E-state index contributed by atoms with van der Waals surface area (Å²) in [5.74, 6) is 0. The number of benzene rings is 1. The largest absolute Gasteiger partial charge is 0.323 e. The Bertz CT molecular complexity index is 526. The molecule has 0 aliphatic heterocycles. The summed E-state index contributed by atoms with van der Waals surface area (Å²) in [5, 5.41) is -0.583. The first-order chi connectivity index (χ1) is 6.18. The number of nitrogens with one attached hydrogen (secondary N) is 2. The van der Waals surface area contributed by atoms with Gasteiger partial charge >= 0.3 is 5.69 Å². The molecule has 0 bridgehead atoms. The van der Waals surface area contributed by atoms with Gasteiger partial charge in [0.2, 0.25) is 0 Å². The van der Waals surface area contributed by atoms with Crippen molar-refractivity contribution in [1.82, 2.24) is 9.97 Å². The van der Waals surface area contributed by atoms with Crippen LogP contribution in [0, 0.1) is 0 Å². The molecule has 0 radical (unpaired) electrons. The first-order valence-electron chi connectivity index (χ1n) is 3.59. The van der Waals surface area contributed by atoms with Gasteiger partial charge in [-0.3, -0.25) is 4.79 Å². The fraction of sp³-hybridized carbons (Fsp3) is 0. The molecule has 0 aliphatic rings. The predicted molar refractivity (Wildman–Crippen MR) is 49.1 cm³/mol. The van der Waals surface area contributed by atoms with E-state index in [1.165, 1.54) is 0 Å². The van der Waals surface area contributed by atoms with E-state index < -0.39 is 5.24 Å². The van der Waals surface area contributed by atoms with Crippen LogP contribution in [0.4, 0.5) is 0 Å². The molecular weight excluding hydrogens is 192 g/mol. The number of hydrogen-bond donors (Lipinski definition) is 2. The van der Waals surface area contributed by atoms with Crippen LogP contribution >= 0.6 is 11.6 Å². The van der Waals surface area contributed by atoms with Crippen LogP contribution in [0.15, 0.2) is 23.0 Å². The van der Waals surface area contributed by atoms with E-state index in [2.05, 4.69) is 9.97 Å². The van der Waals surface area contributed by atoms with Crippen molar-refractivity contribution in [3.8, 4) is 0 Å². The molecule has 0 fully saturated rings. The van der Waals surface area contributed by atoms with E-state index in [-0.39, 0.29) is 5.69 Å². The molecule has 2 rings (SSSR count). The zero-order valence-electron chi connectivity index (χ0n) is 6.43. The molecule has 0 saturated carbocycles. The summed E-state index contributed by atoms with van der Waals surface area (Å²) in [7, 11) is 0. The molecule has 4 nitrogen and oxygen atoms in total. The Kier molecular flexibility index (Phi) is 1.70. The lowest BCUT2D eigenvalue weighted by atomic mass is 10.2. The number of carbonyl (C=O) groups is 1. The van der Waals surface area contributed by atoms with Gasteiger partial charge < -0.3 is 9.97 Å². The van der Waals surface area contributed by atoms with Gasteiger partial charge in [0.15, 0.2) is 0 Å². The summed E-state index contributed by atoms with van der Waals surface area (Å²) >= 11 is 5.32. The van der Waals surface area contributed by atoms with Crippen LogP contribution in [-0.2, 0) is 0 Å². The Balaban J connectivity index is 2.90. The third-order valence-electron chi connectivity index (χ3n) is 1.76. The Morgan fingerprint density at radius 2 is 2.08 bits per heavy atom. The van der Waals surface area contributed by atoms with Gasteiger partial charge in [0.05, 0.1) is 16.6 Å². The fourth-order valence-corrected chi connectivity index (χ4v) is 1.38. The fourth-order valence-electron chi connectivity index (χ4n) is 1.22. The number of H-pyrrole nitrogens is 2. The van der Waals surface area contributed by atoms with Crippen LogP contribution in [0.25, 0.3) is 11.0 Å². The summed E-state index contributed by atoms with van der Waals surface area (Å²) in [6.07, 6.45) is 0. The molecule has 0 amide bonds. The van der Waals surface area contributed by atoms with Crippen LogP contribution in [0.2, 0.25) is 0 Å². The van der Waals surface area contributed by atoms with Crippen molar-refractivity contribution < 1.29 is 4.79 Å². The molecule has 0 atom stereocenters. The van der Waals surface area contributed by atoms with E-state index in [0.717, 1.165) is 0 Å². The average molecular weight is 197 g/mol. The van der Waals surface area contributed by atoms with Crippen molar-refractivity contribution in [1.29, 1.82) is 0 Å². The van der Waals surface area contributed by atoms with Gasteiger partial charge in [0.25, 0.3) is 5.24 Å². The van der Waals surface area contributed by atoms with Crippen LogP contribution < -0.4 is 5.69 Å². The normalized spacial score (nSPS) is 10.5. The molecule has 1 aromatic carbocycles. The number of imidazole rings is 1. The second-order valence-corrected chi connectivity index (χ2v) is 2.92. The van der Waals surface area contributed by atoms with Crippen LogP contribution in [0.3, 0.4) is 0 Å². The lowest BCUT2D eigenvalue weighted by Gasteiger charge is -1.93. The molecule has 2 N–H and O–H groups in total. The van der Waals surface area contributed by atoms with E-state index in [9.17, 15) is 9.59 Å². The number of carbonyl (C=O) groups excluding carboxylic acids is 1. The molecular formula is C8H5ClN2O2. The number of fused-ring (bicyclic) bond motifs is 1. The molecule has 13 heavy (non-hydrogen) atoms. The minimum absolute atomic E-state index is 0.303. The summed E-state index contributed by atoms with van der Waals surface area (Å²) in [6.45, 7) is 0. The second-order valence-electron chi connectivity index (χ2n) is 2.58. The van der Waals surface area contributed by atoms with E-state index in [4.69, 9.17) is 11.6 Å². The topological polar surface area (TPSA) is 65.7 Å². The van der Waals surface area contributed by atoms with Gasteiger partial charge in [-0.25, -0.2) is 4.79 Å². The van der Waals surface area contributed by atoms with E-state index >= 15 is 0 Å². The van der Waals surface area contributed by atoms with Crippen molar-refractivity contribution in [2.75, 3.05) is 0 Å². The van der Waals surface area contributed by atoms with Gasteiger partial charge in [-0.2, -0.15) is 0 Å². The third kappa shape index (κ3) is 1.25. The highest BCUT2D eigenvalue weighted by atomic mass is 35.5. The Hall–Kier alpha value is -1.55. The van der Waals surface area contributed by atoms with E-state index in [0.29, 0.717) is 16.6 Å². The SMILES string of the molecule is O=C(Cl)c1cccc2[nH]c(=O)[nH]c12. The molecule has 0 spiro atoms. The minimum Gasteiger partial charge on any atom is -0.306 e. The third-order valence-corrected chi connectivity index (χ3v) is 1.97. The number of hydrogen-bond acceptors (Lipinski definition) is 2. The molecule has 1 heterocycles. The number of para-hydroxylation sites is 1. The van der Waals surface area contributed by atoms with E-state index in [1.807, 2.05) is 0 Å². The van der Waals surface area contributed by atoms with Crippen molar-refractivity contribution in [2.24, 2.45) is 0 Å². The van der Waals surface area contributed by atoms with Gasteiger partial charge in [0, 0.05) is 0 Å². The highest BCUT2D eigenvalue weighted by Crippen LogP contribution is 2.14. The summed E-state index contributed by atoms with van der Waals surface area (Å²) in [6, 6.07) is 4.90. The molecule has 66 valence electrons. The molecule has 2 aromatic rings. The predicted octanol–water partition coefficient (Wildman–Crippen LogP) is 1.24. The molecule has 0 saturated heterocycles. The molecule has 5 heteroatoms. The average Bonchev–Trinajstić information content (AvgIpc) is 2.43. The number of aromatic amines is 2. The van der Waals surface area contributed by atoms with Crippen molar-refractivity contribution in [3.05, 3.63) is 34.2 Å². The van der Waals surface area contributed by atoms with Crippen molar-refractivity contribution in [2.45, 2.75) is 0 Å². The zero-order valence-corrected chi connectivity index (χ0v) is 7.18. The quantitative estimate of drug-likeness (QED) is 0.674. The monoisotopic (exact) mass is 196 g/mol.